The maximum Gasteiger partial charge on any atom is 0.105 e. The van der Waals surface area contributed by atoms with Gasteiger partial charge in [-0.2, -0.15) is 0 Å². The van der Waals surface area contributed by atoms with Crippen molar-refractivity contribution in [3.8, 4) is 0 Å². The van der Waals surface area contributed by atoms with Crippen LogP contribution in [0.3, 0.4) is 0 Å². The van der Waals surface area contributed by atoms with Gasteiger partial charge in [0.2, 0.25) is 0 Å². The molecule has 2 rings (SSSR count). The quantitative estimate of drug-likeness (QED) is 0.924. The molecule has 1 unspecified atom stereocenters. The Balaban J connectivity index is 2.28. The van der Waals surface area contributed by atoms with E-state index < -0.39 is 0 Å². The molecule has 0 aliphatic carbocycles. The highest BCUT2D eigenvalue weighted by molar-refractivity contribution is 9.10. The fraction of sp³-hybridized carbons (Fsp3) is 0.333. The van der Waals surface area contributed by atoms with Crippen LogP contribution in [0.2, 0.25) is 0 Å². The van der Waals surface area contributed by atoms with Gasteiger partial charge in [-0.3, -0.25) is 0 Å². The lowest BCUT2D eigenvalue weighted by atomic mass is 10.1. The molecular weight excluding hydrogens is 304 g/mol. The molecule has 0 aliphatic rings. The topological polar surface area (TPSA) is 42.4 Å². The summed E-state index contributed by atoms with van der Waals surface area (Å²) in [6.45, 7) is 4.79. The molecule has 2 N–H and O–H groups in total. The lowest BCUT2D eigenvalue weighted by Gasteiger charge is -2.24. The third kappa shape index (κ3) is 3.19. The molecule has 1 heterocycles. The Hall–Kier alpha value is -1.26. The average molecular weight is 323 g/mol. The molecule has 3 nitrogen and oxygen atoms in total. The highest BCUT2D eigenvalue weighted by atomic mass is 79.9. The van der Waals surface area contributed by atoms with Crippen molar-refractivity contribution in [2.75, 3.05) is 11.9 Å². The number of hydrogen-bond acceptors (Lipinski definition) is 3. The Morgan fingerprint density at radius 1 is 1.37 bits per heavy atom. The van der Waals surface area contributed by atoms with Gasteiger partial charge in [-0.1, -0.05) is 15.9 Å². The minimum Gasteiger partial charge on any atom is -0.469 e. The molecule has 2 aromatic rings. The number of halogens is 1. The Morgan fingerprint density at radius 3 is 2.68 bits per heavy atom. The first-order valence-corrected chi connectivity index (χ1v) is 7.07. The van der Waals surface area contributed by atoms with E-state index in [1.165, 1.54) is 5.56 Å². The van der Waals surface area contributed by atoms with E-state index in [-0.39, 0.29) is 6.04 Å². The second-order valence-corrected chi connectivity index (χ2v) is 5.77. The van der Waals surface area contributed by atoms with Gasteiger partial charge in [0, 0.05) is 35.4 Å². The second kappa shape index (κ2) is 5.80. The summed E-state index contributed by atoms with van der Waals surface area (Å²) in [4.78, 5) is 2.20. The normalized spacial score (nSPS) is 12.5. The zero-order valence-electron chi connectivity index (χ0n) is 11.5. The second-order valence-electron chi connectivity index (χ2n) is 4.85. The maximum atomic E-state index is 6.06. The van der Waals surface area contributed by atoms with Crippen molar-refractivity contribution in [1.82, 2.24) is 0 Å². The van der Waals surface area contributed by atoms with Gasteiger partial charge in [-0.25, -0.2) is 0 Å². The predicted octanol–water partition coefficient (Wildman–Crippen LogP) is 4.01. The van der Waals surface area contributed by atoms with E-state index in [9.17, 15) is 0 Å². The van der Waals surface area contributed by atoms with Crippen LogP contribution < -0.4 is 10.6 Å². The summed E-state index contributed by atoms with van der Waals surface area (Å²) < 4.78 is 6.39. The Kier molecular flexibility index (Phi) is 4.32. The summed E-state index contributed by atoms with van der Waals surface area (Å²) in [6, 6.07) is 8.23. The number of aryl methyl sites for hydroxylation is 1. The summed E-state index contributed by atoms with van der Waals surface area (Å²) in [5.74, 6) is 0.964. The molecule has 0 fully saturated rings. The molecule has 0 aliphatic heterocycles. The maximum absolute atomic E-state index is 6.06. The lowest BCUT2D eigenvalue weighted by molar-refractivity contribution is 0.529. The van der Waals surface area contributed by atoms with E-state index in [0.29, 0.717) is 0 Å². The molecule has 1 atom stereocenters. The van der Waals surface area contributed by atoms with Crippen molar-refractivity contribution in [3.05, 3.63) is 51.9 Å². The van der Waals surface area contributed by atoms with E-state index in [0.717, 1.165) is 28.0 Å². The van der Waals surface area contributed by atoms with Crippen LogP contribution in [0.1, 0.15) is 29.9 Å². The number of hydrogen-bond donors (Lipinski definition) is 1. The molecule has 19 heavy (non-hydrogen) atoms. The smallest absolute Gasteiger partial charge is 0.105 e. The SMILES string of the molecule is Cc1occc1CN(C)c1ccc(Br)cc1C(C)N. The molecule has 4 heteroatoms. The van der Waals surface area contributed by atoms with Crippen LogP contribution in [0.5, 0.6) is 0 Å². The highest BCUT2D eigenvalue weighted by Crippen LogP contribution is 2.29. The van der Waals surface area contributed by atoms with Gasteiger partial charge < -0.3 is 15.1 Å². The highest BCUT2D eigenvalue weighted by Gasteiger charge is 2.13. The largest absolute Gasteiger partial charge is 0.469 e. The van der Waals surface area contributed by atoms with Crippen molar-refractivity contribution >= 4 is 21.6 Å². The zero-order chi connectivity index (χ0) is 14.0. The molecule has 1 aromatic heterocycles. The number of nitrogens with zero attached hydrogens (tertiary/aromatic N) is 1. The summed E-state index contributed by atoms with van der Waals surface area (Å²) in [7, 11) is 2.07. The van der Waals surface area contributed by atoms with E-state index in [4.69, 9.17) is 10.2 Å². The lowest BCUT2D eigenvalue weighted by Crippen LogP contribution is -2.20. The van der Waals surface area contributed by atoms with E-state index in [1.807, 2.05) is 26.0 Å². The Bertz CT molecular complexity index is 563. The van der Waals surface area contributed by atoms with Crippen LogP contribution in [0.4, 0.5) is 5.69 Å². The standard InChI is InChI=1S/C15H19BrN2O/c1-10(17)14-8-13(16)4-5-15(14)18(3)9-12-6-7-19-11(12)2/h4-8,10H,9,17H2,1-3H3. The molecule has 0 saturated heterocycles. The van der Waals surface area contributed by atoms with Crippen molar-refractivity contribution in [2.24, 2.45) is 5.73 Å². The van der Waals surface area contributed by atoms with Gasteiger partial charge in [0.25, 0.3) is 0 Å². The van der Waals surface area contributed by atoms with Gasteiger partial charge in [0.1, 0.15) is 5.76 Å². The number of benzene rings is 1. The molecule has 102 valence electrons. The predicted molar refractivity (Wildman–Crippen MR) is 82.3 cm³/mol. The summed E-state index contributed by atoms with van der Waals surface area (Å²) in [6.07, 6.45) is 1.73. The van der Waals surface area contributed by atoms with Gasteiger partial charge in [-0.05, 0) is 43.7 Å². The van der Waals surface area contributed by atoms with Crippen molar-refractivity contribution in [2.45, 2.75) is 26.4 Å². The van der Waals surface area contributed by atoms with Gasteiger partial charge in [0.15, 0.2) is 0 Å². The van der Waals surface area contributed by atoms with Crippen LogP contribution in [0.25, 0.3) is 0 Å². The minimum atomic E-state index is 0.000367. The number of anilines is 1. The molecule has 0 radical (unpaired) electrons. The van der Waals surface area contributed by atoms with Gasteiger partial charge in [-0.15, -0.1) is 0 Å². The van der Waals surface area contributed by atoms with E-state index >= 15 is 0 Å². The summed E-state index contributed by atoms with van der Waals surface area (Å²) >= 11 is 3.50. The van der Waals surface area contributed by atoms with Gasteiger partial charge >= 0.3 is 0 Å². The van der Waals surface area contributed by atoms with Crippen LogP contribution in [-0.2, 0) is 6.54 Å². The van der Waals surface area contributed by atoms with Crippen LogP contribution >= 0.6 is 15.9 Å². The van der Waals surface area contributed by atoms with Crippen LogP contribution in [-0.4, -0.2) is 7.05 Å². The number of rotatable bonds is 4. The first-order valence-electron chi connectivity index (χ1n) is 6.28. The zero-order valence-corrected chi connectivity index (χ0v) is 13.1. The first-order chi connectivity index (χ1) is 8.99. The summed E-state index contributed by atoms with van der Waals surface area (Å²) in [5.41, 5.74) is 9.54. The molecule has 0 spiro atoms. The third-order valence-electron chi connectivity index (χ3n) is 3.27. The fourth-order valence-corrected chi connectivity index (χ4v) is 2.53. The Morgan fingerprint density at radius 2 is 2.11 bits per heavy atom. The molecule has 0 amide bonds. The monoisotopic (exact) mass is 322 g/mol. The average Bonchev–Trinajstić information content (AvgIpc) is 2.74. The van der Waals surface area contributed by atoms with E-state index in [2.05, 4.69) is 40.0 Å². The minimum absolute atomic E-state index is 0.000367. The first kappa shape index (κ1) is 14.2. The van der Waals surface area contributed by atoms with Crippen LogP contribution in [0, 0.1) is 6.92 Å². The Labute approximate surface area is 122 Å². The number of nitrogens with two attached hydrogens (primary N) is 1. The van der Waals surface area contributed by atoms with Crippen LogP contribution in [0.15, 0.2) is 39.4 Å². The fourth-order valence-electron chi connectivity index (χ4n) is 2.15. The van der Waals surface area contributed by atoms with Crippen molar-refractivity contribution in [1.29, 1.82) is 0 Å². The molecule has 0 bridgehead atoms. The molecule has 0 saturated carbocycles. The van der Waals surface area contributed by atoms with Gasteiger partial charge in [0.05, 0.1) is 6.26 Å². The molecule has 1 aromatic carbocycles. The van der Waals surface area contributed by atoms with E-state index in [1.54, 1.807) is 6.26 Å². The third-order valence-corrected chi connectivity index (χ3v) is 3.76. The number of furan rings is 1. The molecular formula is C15H19BrN2O. The summed E-state index contributed by atoms with van der Waals surface area (Å²) in [5, 5.41) is 0. The van der Waals surface area contributed by atoms with Crippen molar-refractivity contribution < 1.29 is 4.42 Å². The van der Waals surface area contributed by atoms with Crippen molar-refractivity contribution in [3.63, 3.8) is 0 Å².